The molecule has 0 fully saturated rings. The topological polar surface area (TPSA) is 78.7 Å². The van der Waals surface area contributed by atoms with Crippen LogP contribution in [-0.4, -0.2) is 28.0 Å². The number of hydrogen-bond donors (Lipinski definition) is 1. The van der Waals surface area contributed by atoms with Crippen molar-refractivity contribution in [2.24, 2.45) is 10.2 Å². The van der Waals surface area contributed by atoms with Gasteiger partial charge in [-0.15, -0.1) is 0 Å². The molecule has 0 radical (unpaired) electrons. The zero-order chi connectivity index (χ0) is 18.2. The van der Waals surface area contributed by atoms with Gasteiger partial charge in [0.2, 0.25) is 5.95 Å². The predicted molar refractivity (Wildman–Crippen MR) is 104 cm³/mol. The van der Waals surface area contributed by atoms with Crippen LogP contribution in [0.5, 0.6) is 0 Å². The van der Waals surface area contributed by atoms with E-state index < -0.39 is 0 Å². The molecule has 132 valence electrons. The average Bonchev–Trinajstić information content (AvgIpc) is 2.70. The number of nitrogens with one attached hydrogen (secondary N) is 1. The first-order valence-electron chi connectivity index (χ1n) is 8.54. The van der Waals surface area contributed by atoms with Crippen LogP contribution in [0.2, 0.25) is 0 Å². The molecule has 0 bridgehead atoms. The molecule has 1 aromatic heterocycles. The Kier molecular flexibility index (Phi) is 5.82. The van der Waals surface area contributed by atoms with E-state index in [4.69, 9.17) is 0 Å². The van der Waals surface area contributed by atoms with E-state index in [1.54, 1.807) is 0 Å². The van der Waals surface area contributed by atoms with Crippen LogP contribution < -0.4 is 10.2 Å². The van der Waals surface area contributed by atoms with Crippen molar-refractivity contribution >= 4 is 28.7 Å². The lowest BCUT2D eigenvalue weighted by Crippen LogP contribution is -2.21. The van der Waals surface area contributed by atoms with Gasteiger partial charge in [0.05, 0.1) is 11.4 Å². The summed E-state index contributed by atoms with van der Waals surface area (Å²) in [5.41, 5.74) is 3.67. The van der Waals surface area contributed by atoms with Crippen LogP contribution >= 0.6 is 0 Å². The normalized spacial score (nSPS) is 10.8. The van der Waals surface area contributed by atoms with E-state index in [0.717, 1.165) is 30.2 Å². The van der Waals surface area contributed by atoms with Crippen LogP contribution in [0.1, 0.15) is 13.8 Å². The Labute approximate surface area is 152 Å². The van der Waals surface area contributed by atoms with Crippen LogP contribution in [0.25, 0.3) is 0 Å². The van der Waals surface area contributed by atoms with E-state index in [-0.39, 0.29) is 0 Å². The van der Waals surface area contributed by atoms with Crippen LogP contribution in [0.3, 0.4) is 0 Å². The summed E-state index contributed by atoms with van der Waals surface area (Å²) in [6.07, 6.45) is 2.90. The second-order valence-electron chi connectivity index (χ2n) is 5.52. The third kappa shape index (κ3) is 4.60. The summed E-state index contributed by atoms with van der Waals surface area (Å²) in [4.78, 5) is 14.1. The van der Waals surface area contributed by atoms with Crippen molar-refractivity contribution in [3.8, 4) is 0 Å². The SMILES string of the molecule is CCN(CC)c1ccc(N=Nc2ccc(Nc3ncncn3)cc2)cc1. The molecule has 0 unspecified atom stereocenters. The highest BCUT2D eigenvalue weighted by atomic mass is 15.1. The summed E-state index contributed by atoms with van der Waals surface area (Å²) in [5, 5.41) is 11.7. The Bertz CT molecular complexity index is 826. The van der Waals surface area contributed by atoms with Gasteiger partial charge < -0.3 is 10.2 Å². The fourth-order valence-corrected chi connectivity index (χ4v) is 2.48. The Balaban J connectivity index is 1.63. The summed E-state index contributed by atoms with van der Waals surface area (Å²) in [6.45, 7) is 6.28. The molecule has 7 heteroatoms. The van der Waals surface area contributed by atoms with Gasteiger partial charge in [0.1, 0.15) is 12.7 Å². The van der Waals surface area contributed by atoms with E-state index >= 15 is 0 Å². The molecule has 0 spiro atoms. The maximum absolute atomic E-state index is 4.30. The van der Waals surface area contributed by atoms with Gasteiger partial charge in [-0.1, -0.05) is 0 Å². The van der Waals surface area contributed by atoms with Crippen molar-refractivity contribution < 1.29 is 0 Å². The fraction of sp³-hybridized carbons (Fsp3) is 0.211. The summed E-state index contributed by atoms with van der Waals surface area (Å²) < 4.78 is 0. The lowest BCUT2D eigenvalue weighted by Gasteiger charge is -2.20. The molecule has 0 amide bonds. The van der Waals surface area contributed by atoms with Crippen LogP contribution in [0.15, 0.2) is 71.4 Å². The molecular weight excluding hydrogens is 326 g/mol. The van der Waals surface area contributed by atoms with Gasteiger partial charge in [-0.3, -0.25) is 0 Å². The number of hydrogen-bond acceptors (Lipinski definition) is 7. The van der Waals surface area contributed by atoms with E-state index in [1.165, 1.54) is 18.3 Å². The summed E-state index contributed by atoms with van der Waals surface area (Å²) in [7, 11) is 0. The first-order chi connectivity index (χ1) is 12.8. The van der Waals surface area contributed by atoms with Gasteiger partial charge in [0.15, 0.2) is 0 Å². The number of benzene rings is 2. The van der Waals surface area contributed by atoms with E-state index in [2.05, 4.69) is 61.4 Å². The highest BCUT2D eigenvalue weighted by molar-refractivity contribution is 5.57. The highest BCUT2D eigenvalue weighted by Crippen LogP contribution is 2.23. The Morgan fingerprint density at radius 2 is 1.35 bits per heavy atom. The monoisotopic (exact) mass is 347 g/mol. The molecular formula is C19H21N7. The zero-order valence-corrected chi connectivity index (χ0v) is 14.9. The third-order valence-electron chi connectivity index (χ3n) is 3.88. The van der Waals surface area contributed by atoms with Gasteiger partial charge in [0, 0.05) is 24.5 Å². The second-order valence-corrected chi connectivity index (χ2v) is 5.52. The van der Waals surface area contributed by atoms with Crippen molar-refractivity contribution in [1.29, 1.82) is 0 Å². The Hall–Kier alpha value is -3.35. The molecule has 0 aliphatic rings. The van der Waals surface area contributed by atoms with Crippen molar-refractivity contribution in [1.82, 2.24) is 15.0 Å². The van der Waals surface area contributed by atoms with Crippen molar-refractivity contribution in [2.45, 2.75) is 13.8 Å². The Morgan fingerprint density at radius 1 is 0.808 bits per heavy atom. The molecule has 3 aromatic rings. The minimum atomic E-state index is 0.502. The van der Waals surface area contributed by atoms with Crippen molar-refractivity contribution in [2.75, 3.05) is 23.3 Å². The van der Waals surface area contributed by atoms with Gasteiger partial charge in [-0.2, -0.15) is 10.2 Å². The van der Waals surface area contributed by atoms with Crippen LogP contribution in [-0.2, 0) is 0 Å². The molecule has 0 aliphatic heterocycles. The van der Waals surface area contributed by atoms with Crippen LogP contribution in [0, 0.1) is 0 Å². The van der Waals surface area contributed by atoms with Gasteiger partial charge in [-0.05, 0) is 62.4 Å². The molecule has 1 N–H and O–H groups in total. The highest BCUT2D eigenvalue weighted by Gasteiger charge is 2.01. The van der Waals surface area contributed by atoms with Gasteiger partial charge >= 0.3 is 0 Å². The zero-order valence-electron chi connectivity index (χ0n) is 14.9. The maximum atomic E-state index is 4.30. The van der Waals surface area contributed by atoms with Gasteiger partial charge in [-0.25, -0.2) is 15.0 Å². The number of rotatable bonds is 7. The fourth-order valence-electron chi connectivity index (χ4n) is 2.48. The number of nitrogens with zero attached hydrogens (tertiary/aromatic N) is 6. The molecule has 1 heterocycles. The quantitative estimate of drug-likeness (QED) is 0.616. The smallest absolute Gasteiger partial charge is 0.230 e. The lowest BCUT2D eigenvalue weighted by atomic mass is 10.2. The molecule has 0 saturated carbocycles. The number of aromatic nitrogens is 3. The van der Waals surface area contributed by atoms with Crippen molar-refractivity contribution in [3.63, 3.8) is 0 Å². The molecule has 26 heavy (non-hydrogen) atoms. The minimum Gasteiger partial charge on any atom is -0.372 e. The third-order valence-corrected chi connectivity index (χ3v) is 3.88. The lowest BCUT2D eigenvalue weighted by molar-refractivity contribution is 0.866. The standard InChI is InChI=1S/C19H21N7/c1-3-26(4-2)18-11-9-17(10-12-18)25-24-16-7-5-15(6-8-16)23-19-21-13-20-14-22-19/h5-14H,3-4H2,1-2H3,(H,20,21,22,23). The Morgan fingerprint density at radius 3 is 1.88 bits per heavy atom. The molecule has 0 aliphatic carbocycles. The predicted octanol–water partition coefficient (Wildman–Crippen LogP) is 4.88. The van der Waals surface area contributed by atoms with Crippen LogP contribution in [0.4, 0.5) is 28.7 Å². The molecule has 2 aromatic carbocycles. The van der Waals surface area contributed by atoms with Gasteiger partial charge in [0.25, 0.3) is 0 Å². The number of anilines is 3. The number of azo groups is 1. The summed E-state index contributed by atoms with van der Waals surface area (Å²) >= 11 is 0. The molecule has 7 nitrogen and oxygen atoms in total. The minimum absolute atomic E-state index is 0.502. The summed E-state index contributed by atoms with van der Waals surface area (Å²) in [6, 6.07) is 15.7. The van der Waals surface area contributed by atoms with Crippen molar-refractivity contribution in [3.05, 3.63) is 61.2 Å². The largest absolute Gasteiger partial charge is 0.372 e. The molecule has 0 saturated heterocycles. The summed E-state index contributed by atoms with van der Waals surface area (Å²) in [5.74, 6) is 0.502. The van der Waals surface area contributed by atoms with E-state index in [0.29, 0.717) is 5.95 Å². The molecule has 0 atom stereocenters. The average molecular weight is 347 g/mol. The first kappa shape index (κ1) is 17.5. The first-order valence-corrected chi connectivity index (χ1v) is 8.54. The van der Waals surface area contributed by atoms with E-state index in [1.807, 2.05) is 36.4 Å². The maximum Gasteiger partial charge on any atom is 0.230 e. The second kappa shape index (κ2) is 8.66. The molecule has 3 rings (SSSR count). The van der Waals surface area contributed by atoms with E-state index in [9.17, 15) is 0 Å².